The third kappa shape index (κ3) is 3.90. The first-order chi connectivity index (χ1) is 9.54. The van der Waals surface area contributed by atoms with Gasteiger partial charge < -0.3 is 15.8 Å². The molecule has 0 aliphatic carbocycles. The second kappa shape index (κ2) is 7.79. The Balaban J connectivity index is 2.97. The van der Waals surface area contributed by atoms with E-state index >= 15 is 0 Å². The fourth-order valence-electron chi connectivity index (χ4n) is 1.93. The molecule has 110 valence electrons. The van der Waals surface area contributed by atoms with Crippen LogP contribution in [0.5, 0.6) is 0 Å². The van der Waals surface area contributed by atoms with E-state index in [-0.39, 0.29) is 17.8 Å². The number of nitrogens with two attached hydrogens (primary N) is 1. The second-order valence-corrected chi connectivity index (χ2v) is 5.41. The summed E-state index contributed by atoms with van der Waals surface area (Å²) in [5.41, 5.74) is 6.62. The van der Waals surface area contributed by atoms with Crippen LogP contribution in [0.3, 0.4) is 0 Å². The molecule has 3 N–H and O–H groups in total. The fraction of sp³-hybridized carbons (Fsp3) is 0.429. The van der Waals surface area contributed by atoms with Crippen LogP contribution in [-0.4, -0.2) is 46.9 Å². The van der Waals surface area contributed by atoms with Gasteiger partial charge in [0.15, 0.2) is 5.84 Å². The van der Waals surface area contributed by atoms with Gasteiger partial charge in [0.25, 0.3) is 5.91 Å². The number of hydrogen-bond donors (Lipinski definition) is 2. The zero-order chi connectivity index (χ0) is 15.1. The molecule has 0 aromatic heterocycles. The normalized spacial score (nSPS) is 13.1. The van der Waals surface area contributed by atoms with Gasteiger partial charge in [0.1, 0.15) is 0 Å². The fourth-order valence-corrected chi connectivity index (χ4v) is 2.78. The summed E-state index contributed by atoms with van der Waals surface area (Å²) in [5.74, 6) is 0.843. The van der Waals surface area contributed by atoms with Gasteiger partial charge in [-0.3, -0.25) is 4.79 Å². The molecule has 0 bridgehead atoms. The molecule has 1 atom stereocenters. The highest BCUT2D eigenvalue weighted by Crippen LogP contribution is 2.14. The van der Waals surface area contributed by atoms with Gasteiger partial charge in [-0.15, -0.1) is 0 Å². The number of rotatable bonds is 6. The van der Waals surface area contributed by atoms with Crippen molar-refractivity contribution >= 4 is 23.5 Å². The number of hydrogen-bond acceptors (Lipinski definition) is 4. The lowest BCUT2D eigenvalue weighted by molar-refractivity contribution is 0.0743. The first kappa shape index (κ1) is 16.4. The predicted octanol–water partition coefficient (Wildman–Crippen LogP) is 1.99. The van der Waals surface area contributed by atoms with E-state index < -0.39 is 0 Å². The molecule has 1 amide bonds. The Morgan fingerprint density at radius 1 is 1.50 bits per heavy atom. The summed E-state index contributed by atoms with van der Waals surface area (Å²) in [4.78, 5) is 14.2. The van der Waals surface area contributed by atoms with Crippen molar-refractivity contribution < 1.29 is 10.0 Å². The number of amidine groups is 1. The lowest BCUT2D eigenvalue weighted by Crippen LogP contribution is -2.38. The molecule has 6 heteroatoms. The molecule has 1 unspecified atom stereocenters. The van der Waals surface area contributed by atoms with Crippen LogP contribution < -0.4 is 5.73 Å². The number of thioether (sulfide) groups is 1. The Bertz CT molecular complexity index is 491. The minimum Gasteiger partial charge on any atom is -0.409 e. The van der Waals surface area contributed by atoms with Gasteiger partial charge in [0, 0.05) is 30.0 Å². The molecule has 20 heavy (non-hydrogen) atoms. The molecule has 0 aliphatic heterocycles. The smallest absolute Gasteiger partial charge is 0.253 e. The molecule has 0 aliphatic rings. The number of benzene rings is 1. The topological polar surface area (TPSA) is 78.9 Å². The first-order valence-electron chi connectivity index (χ1n) is 6.39. The van der Waals surface area contributed by atoms with Gasteiger partial charge in [-0.1, -0.05) is 24.2 Å². The van der Waals surface area contributed by atoms with E-state index in [1.54, 1.807) is 40.9 Å². The summed E-state index contributed by atoms with van der Waals surface area (Å²) in [7, 11) is 1.81. The number of carbonyl (C=O) groups is 1. The summed E-state index contributed by atoms with van der Waals surface area (Å²) >= 11 is 1.72. The number of carbonyl (C=O) groups excluding carboxylic acids is 1. The van der Waals surface area contributed by atoms with Crippen molar-refractivity contribution in [1.82, 2.24) is 4.90 Å². The molecule has 1 rings (SSSR count). The minimum absolute atomic E-state index is 0.00143. The van der Waals surface area contributed by atoms with Gasteiger partial charge in [-0.05, 0) is 24.8 Å². The van der Waals surface area contributed by atoms with E-state index in [0.717, 1.165) is 12.2 Å². The highest BCUT2D eigenvalue weighted by molar-refractivity contribution is 7.98. The summed E-state index contributed by atoms with van der Waals surface area (Å²) in [6, 6.07) is 7.00. The number of oxime groups is 1. The van der Waals surface area contributed by atoms with Crippen molar-refractivity contribution in [3.8, 4) is 0 Å². The summed E-state index contributed by atoms with van der Waals surface area (Å²) < 4.78 is 0. The number of amides is 1. The van der Waals surface area contributed by atoms with Gasteiger partial charge >= 0.3 is 0 Å². The maximum absolute atomic E-state index is 12.5. The SMILES string of the molecule is CCC(CSC)N(C)C(=O)c1cccc(/C(N)=N/O)c1. The molecule has 0 saturated heterocycles. The molecule has 0 spiro atoms. The van der Waals surface area contributed by atoms with E-state index in [1.807, 2.05) is 13.3 Å². The van der Waals surface area contributed by atoms with Crippen LogP contribution in [0.15, 0.2) is 29.4 Å². The van der Waals surface area contributed by atoms with Crippen LogP contribution in [0.1, 0.15) is 29.3 Å². The van der Waals surface area contributed by atoms with Crippen LogP contribution in [-0.2, 0) is 0 Å². The van der Waals surface area contributed by atoms with E-state index in [4.69, 9.17) is 10.9 Å². The molecule has 1 aromatic carbocycles. The van der Waals surface area contributed by atoms with Crippen molar-refractivity contribution in [2.45, 2.75) is 19.4 Å². The van der Waals surface area contributed by atoms with Crippen molar-refractivity contribution in [3.63, 3.8) is 0 Å². The van der Waals surface area contributed by atoms with E-state index in [9.17, 15) is 4.79 Å². The van der Waals surface area contributed by atoms with Crippen LogP contribution in [0.25, 0.3) is 0 Å². The maximum atomic E-state index is 12.5. The summed E-state index contributed by atoms with van der Waals surface area (Å²) in [6.07, 6.45) is 2.93. The third-order valence-corrected chi connectivity index (χ3v) is 3.93. The molecular formula is C14H21N3O2S. The third-order valence-electron chi connectivity index (χ3n) is 3.21. The largest absolute Gasteiger partial charge is 0.409 e. The lowest BCUT2D eigenvalue weighted by Gasteiger charge is -2.27. The van der Waals surface area contributed by atoms with Crippen LogP contribution >= 0.6 is 11.8 Å². The highest BCUT2D eigenvalue weighted by atomic mass is 32.2. The van der Waals surface area contributed by atoms with Gasteiger partial charge in [0.2, 0.25) is 0 Å². The van der Waals surface area contributed by atoms with Crippen molar-refractivity contribution in [3.05, 3.63) is 35.4 Å². The van der Waals surface area contributed by atoms with Crippen LogP contribution in [0.2, 0.25) is 0 Å². The zero-order valence-electron chi connectivity index (χ0n) is 12.0. The summed E-state index contributed by atoms with van der Waals surface area (Å²) in [6.45, 7) is 2.07. The van der Waals surface area contributed by atoms with Crippen molar-refractivity contribution in [2.24, 2.45) is 10.9 Å². The Hall–Kier alpha value is -1.69. The average molecular weight is 295 g/mol. The molecule has 0 fully saturated rings. The second-order valence-electron chi connectivity index (χ2n) is 4.50. The highest BCUT2D eigenvalue weighted by Gasteiger charge is 2.19. The average Bonchev–Trinajstić information content (AvgIpc) is 2.50. The minimum atomic E-state index is -0.0570. The monoisotopic (exact) mass is 295 g/mol. The van der Waals surface area contributed by atoms with E-state index in [0.29, 0.717) is 11.1 Å². The van der Waals surface area contributed by atoms with Crippen molar-refractivity contribution in [1.29, 1.82) is 0 Å². The quantitative estimate of drug-likeness (QED) is 0.364. The van der Waals surface area contributed by atoms with Gasteiger partial charge in [-0.2, -0.15) is 11.8 Å². The molecule has 5 nitrogen and oxygen atoms in total. The van der Waals surface area contributed by atoms with Crippen LogP contribution in [0, 0.1) is 0 Å². The first-order valence-corrected chi connectivity index (χ1v) is 7.78. The van der Waals surface area contributed by atoms with Crippen LogP contribution in [0.4, 0.5) is 0 Å². The molecule has 0 heterocycles. The molecular weight excluding hydrogens is 274 g/mol. The number of nitrogens with zero attached hydrogens (tertiary/aromatic N) is 2. The van der Waals surface area contributed by atoms with E-state index in [2.05, 4.69) is 12.1 Å². The Kier molecular flexibility index (Phi) is 6.38. The molecule has 1 aromatic rings. The van der Waals surface area contributed by atoms with Gasteiger partial charge in [-0.25, -0.2) is 0 Å². The van der Waals surface area contributed by atoms with E-state index in [1.165, 1.54) is 0 Å². The Labute approximate surface area is 123 Å². The van der Waals surface area contributed by atoms with Crippen molar-refractivity contribution in [2.75, 3.05) is 19.1 Å². The molecule has 0 saturated carbocycles. The Morgan fingerprint density at radius 2 is 2.15 bits per heavy atom. The molecule has 0 radical (unpaired) electrons. The zero-order valence-corrected chi connectivity index (χ0v) is 12.9. The lowest BCUT2D eigenvalue weighted by atomic mass is 10.1. The standard InChI is InChI=1S/C14H21N3O2S/c1-4-12(9-20-3)17(2)14(18)11-7-5-6-10(8-11)13(15)16-19/h5-8,12,19H,4,9H2,1-3H3,(H2,15,16). The Morgan fingerprint density at radius 3 is 2.70 bits per heavy atom. The maximum Gasteiger partial charge on any atom is 0.253 e. The van der Waals surface area contributed by atoms with Gasteiger partial charge in [0.05, 0.1) is 0 Å². The predicted molar refractivity (Wildman–Crippen MR) is 83.5 cm³/mol. The summed E-state index contributed by atoms with van der Waals surface area (Å²) in [5, 5.41) is 11.6.